The largest absolute Gasteiger partial charge is 0.247 e. The molecule has 0 amide bonds. The zero-order valence-corrected chi connectivity index (χ0v) is 6.90. The summed E-state index contributed by atoms with van der Waals surface area (Å²) in [6.45, 7) is 1.91. The minimum atomic E-state index is 0.762. The molecular weight excluding hydrogens is 141 g/mol. The van der Waals surface area contributed by atoms with Crippen molar-refractivity contribution in [2.75, 3.05) is 6.26 Å². The number of hydrogen-bond donors (Lipinski definition) is 0. The van der Waals surface area contributed by atoms with Crippen LogP contribution in [0.2, 0.25) is 0 Å². The fourth-order valence-corrected chi connectivity index (χ4v) is 1.09. The van der Waals surface area contributed by atoms with Gasteiger partial charge < -0.3 is 0 Å². The Morgan fingerprint density at radius 3 is 2.70 bits per heavy atom. The van der Waals surface area contributed by atoms with E-state index >= 15 is 0 Å². The molecule has 0 saturated heterocycles. The van der Waals surface area contributed by atoms with Crippen molar-refractivity contribution in [2.24, 2.45) is 0 Å². The first-order valence-electron chi connectivity index (χ1n) is 3.01. The summed E-state index contributed by atoms with van der Waals surface area (Å²) in [5.74, 6) is 0. The summed E-state index contributed by atoms with van der Waals surface area (Å²) in [5.41, 5.74) is 1.67. The smallest absolute Gasteiger partial charge is 0.116 e. The molecular formula is C7H8BNS. The number of aromatic nitrogens is 1. The zero-order valence-electron chi connectivity index (χ0n) is 6.09. The molecule has 3 heteroatoms. The van der Waals surface area contributed by atoms with E-state index in [0.717, 1.165) is 16.2 Å². The first-order valence-corrected chi connectivity index (χ1v) is 4.23. The average Bonchev–Trinajstić information content (AvgIpc) is 1.95. The molecule has 0 fully saturated rings. The van der Waals surface area contributed by atoms with E-state index in [1.165, 1.54) is 0 Å². The van der Waals surface area contributed by atoms with Crippen LogP contribution in [-0.4, -0.2) is 19.1 Å². The SMILES string of the molecule is [B]c1ccc(SC)nc1C. The molecule has 2 radical (unpaired) electrons. The Balaban J connectivity index is 3.04. The van der Waals surface area contributed by atoms with Gasteiger partial charge in [-0.15, -0.1) is 11.8 Å². The van der Waals surface area contributed by atoms with Gasteiger partial charge in [0, 0.05) is 5.69 Å². The Morgan fingerprint density at radius 1 is 1.50 bits per heavy atom. The average molecular weight is 149 g/mol. The third-order valence-electron chi connectivity index (χ3n) is 1.31. The minimum Gasteiger partial charge on any atom is -0.247 e. The molecule has 0 aliphatic rings. The maximum Gasteiger partial charge on any atom is 0.116 e. The second kappa shape index (κ2) is 3.10. The van der Waals surface area contributed by atoms with Crippen LogP contribution >= 0.6 is 11.8 Å². The minimum absolute atomic E-state index is 0.762. The van der Waals surface area contributed by atoms with E-state index in [9.17, 15) is 0 Å². The van der Waals surface area contributed by atoms with Crippen LogP contribution in [-0.2, 0) is 0 Å². The van der Waals surface area contributed by atoms with Gasteiger partial charge in [-0.25, -0.2) is 4.98 Å². The molecule has 10 heavy (non-hydrogen) atoms. The molecule has 50 valence electrons. The first-order chi connectivity index (χ1) is 4.74. The molecule has 0 saturated carbocycles. The van der Waals surface area contributed by atoms with Gasteiger partial charge >= 0.3 is 0 Å². The van der Waals surface area contributed by atoms with Gasteiger partial charge in [0.25, 0.3) is 0 Å². The lowest BCUT2D eigenvalue weighted by atomic mass is 9.95. The Hall–Kier alpha value is -0.435. The van der Waals surface area contributed by atoms with Crippen molar-refractivity contribution in [2.45, 2.75) is 11.9 Å². The molecule has 0 aliphatic carbocycles. The molecule has 1 aromatic rings. The summed E-state index contributed by atoms with van der Waals surface area (Å²) in [4.78, 5) is 4.23. The van der Waals surface area contributed by atoms with E-state index in [2.05, 4.69) is 4.98 Å². The van der Waals surface area contributed by atoms with Crippen LogP contribution in [0.1, 0.15) is 5.69 Å². The Kier molecular flexibility index (Phi) is 2.38. The number of nitrogens with zero attached hydrogens (tertiary/aromatic N) is 1. The molecule has 0 bridgehead atoms. The Morgan fingerprint density at radius 2 is 2.20 bits per heavy atom. The molecule has 0 N–H and O–H groups in total. The van der Waals surface area contributed by atoms with Crippen molar-refractivity contribution in [1.29, 1.82) is 0 Å². The zero-order chi connectivity index (χ0) is 7.56. The number of thioether (sulfide) groups is 1. The molecule has 1 rings (SSSR count). The highest BCUT2D eigenvalue weighted by Crippen LogP contribution is 2.08. The van der Waals surface area contributed by atoms with Crippen molar-refractivity contribution in [3.05, 3.63) is 17.8 Å². The van der Waals surface area contributed by atoms with Gasteiger partial charge in [0.15, 0.2) is 0 Å². The Labute approximate surface area is 66.7 Å². The van der Waals surface area contributed by atoms with Crippen LogP contribution in [0, 0.1) is 6.92 Å². The second-order valence-electron chi connectivity index (χ2n) is 2.03. The lowest BCUT2D eigenvalue weighted by molar-refractivity contribution is 1.08. The van der Waals surface area contributed by atoms with Gasteiger partial charge in [-0.3, -0.25) is 0 Å². The van der Waals surface area contributed by atoms with Crippen LogP contribution in [0.5, 0.6) is 0 Å². The number of aryl methyl sites for hydroxylation is 1. The molecule has 0 aliphatic heterocycles. The van der Waals surface area contributed by atoms with Crippen LogP contribution in [0.4, 0.5) is 0 Å². The monoisotopic (exact) mass is 149 g/mol. The van der Waals surface area contributed by atoms with E-state index in [4.69, 9.17) is 7.85 Å². The van der Waals surface area contributed by atoms with Crippen LogP contribution in [0.15, 0.2) is 17.2 Å². The van der Waals surface area contributed by atoms with Crippen molar-refractivity contribution in [1.82, 2.24) is 4.98 Å². The predicted octanol–water partition coefficient (Wildman–Crippen LogP) is 0.906. The van der Waals surface area contributed by atoms with Gasteiger partial charge in [0.2, 0.25) is 0 Å². The van der Waals surface area contributed by atoms with Gasteiger partial charge in [-0.2, -0.15) is 0 Å². The molecule has 0 atom stereocenters. The Bertz CT molecular complexity index is 237. The summed E-state index contributed by atoms with van der Waals surface area (Å²) in [6.07, 6.45) is 2.00. The van der Waals surface area contributed by atoms with Crippen molar-refractivity contribution >= 4 is 25.1 Å². The number of pyridine rings is 1. The lowest BCUT2D eigenvalue weighted by Gasteiger charge is -2.00. The maximum atomic E-state index is 5.57. The normalized spacial score (nSPS) is 9.80. The van der Waals surface area contributed by atoms with E-state index < -0.39 is 0 Å². The van der Waals surface area contributed by atoms with Crippen LogP contribution in [0.3, 0.4) is 0 Å². The second-order valence-corrected chi connectivity index (χ2v) is 2.85. The summed E-state index contributed by atoms with van der Waals surface area (Å²) < 4.78 is 0. The van der Waals surface area contributed by atoms with Gasteiger partial charge in [0.05, 0.1) is 5.03 Å². The molecule has 0 unspecified atom stereocenters. The molecule has 0 spiro atoms. The van der Waals surface area contributed by atoms with Crippen molar-refractivity contribution < 1.29 is 0 Å². The molecule has 0 aromatic carbocycles. The number of rotatable bonds is 1. The molecule has 1 heterocycles. The van der Waals surface area contributed by atoms with Crippen molar-refractivity contribution in [3.63, 3.8) is 0 Å². The quantitative estimate of drug-likeness (QED) is 0.434. The third kappa shape index (κ3) is 1.54. The fourth-order valence-electron chi connectivity index (χ4n) is 0.662. The summed E-state index contributed by atoms with van der Waals surface area (Å²) in [6, 6.07) is 3.81. The summed E-state index contributed by atoms with van der Waals surface area (Å²) in [5, 5.41) is 1.02. The summed E-state index contributed by atoms with van der Waals surface area (Å²) >= 11 is 1.62. The highest BCUT2D eigenvalue weighted by atomic mass is 32.2. The van der Waals surface area contributed by atoms with E-state index in [1.54, 1.807) is 11.8 Å². The highest BCUT2D eigenvalue weighted by molar-refractivity contribution is 7.98. The van der Waals surface area contributed by atoms with Gasteiger partial charge in [0.1, 0.15) is 7.85 Å². The number of hydrogen-bond acceptors (Lipinski definition) is 2. The van der Waals surface area contributed by atoms with Crippen LogP contribution in [0.25, 0.3) is 0 Å². The first kappa shape index (κ1) is 7.67. The third-order valence-corrected chi connectivity index (χ3v) is 1.96. The van der Waals surface area contributed by atoms with Crippen molar-refractivity contribution in [3.8, 4) is 0 Å². The molecule has 1 nitrogen and oxygen atoms in total. The van der Waals surface area contributed by atoms with E-state index in [1.807, 2.05) is 25.3 Å². The topological polar surface area (TPSA) is 12.9 Å². The van der Waals surface area contributed by atoms with E-state index in [0.29, 0.717) is 0 Å². The van der Waals surface area contributed by atoms with Gasteiger partial charge in [-0.1, -0.05) is 11.5 Å². The fraction of sp³-hybridized carbons (Fsp3) is 0.286. The predicted molar refractivity (Wildman–Crippen MR) is 46.1 cm³/mol. The molecule has 1 aromatic heterocycles. The van der Waals surface area contributed by atoms with E-state index in [-0.39, 0.29) is 0 Å². The maximum absolute atomic E-state index is 5.57. The van der Waals surface area contributed by atoms with Crippen LogP contribution < -0.4 is 5.46 Å². The highest BCUT2D eigenvalue weighted by Gasteiger charge is 1.93. The lowest BCUT2D eigenvalue weighted by Crippen LogP contribution is -2.08. The standard InChI is InChI=1S/C7H8BNS/c1-5-6(8)3-4-7(9-5)10-2/h3-4H,1-2H3. The van der Waals surface area contributed by atoms with Gasteiger partial charge in [-0.05, 0) is 19.2 Å². The summed E-state index contributed by atoms with van der Waals surface area (Å²) in [7, 11) is 5.57.